The van der Waals surface area contributed by atoms with E-state index >= 15 is 0 Å². The minimum atomic E-state index is -1.07. The molecule has 1 heterocycles. The third kappa shape index (κ3) is 3.72. The standard InChI is InChI=1S/C13H15BrN2O5/c14-10-2-1-8(12(18)19)5-11(10)15-13(20)16-3-4-21-7-9(16)6-17/h1-2,5,9,17H,3-4,6-7H2,(H,15,20)(H,18,19). The van der Waals surface area contributed by atoms with Gasteiger partial charge in [0.05, 0.1) is 37.1 Å². The smallest absolute Gasteiger partial charge is 0.335 e. The molecule has 1 aliphatic rings. The molecular formula is C13H15BrN2O5. The van der Waals surface area contributed by atoms with Crippen LogP contribution in [0.2, 0.25) is 0 Å². The summed E-state index contributed by atoms with van der Waals surface area (Å²) < 4.78 is 5.79. The van der Waals surface area contributed by atoms with E-state index in [-0.39, 0.29) is 18.8 Å². The molecule has 1 aromatic carbocycles. The number of carbonyl (C=O) groups excluding carboxylic acids is 1. The maximum absolute atomic E-state index is 12.3. The Morgan fingerprint density at radius 3 is 2.90 bits per heavy atom. The second kappa shape index (κ2) is 6.88. The average molecular weight is 359 g/mol. The van der Waals surface area contributed by atoms with E-state index in [2.05, 4.69) is 21.2 Å². The summed E-state index contributed by atoms with van der Waals surface area (Å²) in [5.74, 6) is -1.07. The maximum Gasteiger partial charge on any atom is 0.335 e. The van der Waals surface area contributed by atoms with Gasteiger partial charge in [0.15, 0.2) is 0 Å². The Morgan fingerprint density at radius 2 is 2.24 bits per heavy atom. The number of carboxylic acid groups (broad SMARTS) is 1. The highest BCUT2D eigenvalue weighted by Crippen LogP contribution is 2.24. The molecule has 114 valence electrons. The molecular weight excluding hydrogens is 344 g/mol. The number of ether oxygens (including phenoxy) is 1. The lowest BCUT2D eigenvalue weighted by Gasteiger charge is -2.34. The molecule has 8 heteroatoms. The van der Waals surface area contributed by atoms with Gasteiger partial charge in [-0.3, -0.25) is 0 Å². The molecule has 0 aliphatic carbocycles. The van der Waals surface area contributed by atoms with Crippen molar-refractivity contribution in [2.45, 2.75) is 6.04 Å². The summed E-state index contributed by atoms with van der Waals surface area (Å²) in [5, 5.41) is 20.9. The Bertz CT molecular complexity index is 551. The highest BCUT2D eigenvalue weighted by Gasteiger charge is 2.27. The van der Waals surface area contributed by atoms with Crippen molar-refractivity contribution >= 4 is 33.6 Å². The number of hydrogen-bond acceptors (Lipinski definition) is 4. The van der Waals surface area contributed by atoms with E-state index in [9.17, 15) is 14.7 Å². The molecule has 0 saturated carbocycles. The third-order valence-corrected chi connectivity index (χ3v) is 3.85. The molecule has 0 bridgehead atoms. The molecule has 7 nitrogen and oxygen atoms in total. The van der Waals surface area contributed by atoms with Crippen LogP contribution in [0, 0.1) is 0 Å². The topological polar surface area (TPSA) is 99.1 Å². The number of rotatable bonds is 3. The largest absolute Gasteiger partial charge is 0.478 e. The number of hydrogen-bond donors (Lipinski definition) is 3. The fourth-order valence-electron chi connectivity index (χ4n) is 2.01. The summed E-state index contributed by atoms with van der Waals surface area (Å²) in [6.07, 6.45) is 0. The Labute approximate surface area is 129 Å². The first-order valence-corrected chi connectivity index (χ1v) is 7.11. The monoisotopic (exact) mass is 358 g/mol. The summed E-state index contributed by atoms with van der Waals surface area (Å²) in [5.41, 5.74) is 0.442. The lowest BCUT2D eigenvalue weighted by atomic mass is 10.2. The second-order valence-electron chi connectivity index (χ2n) is 4.53. The summed E-state index contributed by atoms with van der Waals surface area (Å²) in [4.78, 5) is 24.7. The summed E-state index contributed by atoms with van der Waals surface area (Å²) in [6.45, 7) is 0.859. The number of urea groups is 1. The quantitative estimate of drug-likeness (QED) is 0.757. The van der Waals surface area contributed by atoms with Gasteiger partial charge >= 0.3 is 12.0 Å². The van der Waals surface area contributed by atoms with Gasteiger partial charge in [-0.05, 0) is 34.1 Å². The minimum Gasteiger partial charge on any atom is -0.478 e. The summed E-state index contributed by atoms with van der Waals surface area (Å²) >= 11 is 3.26. The number of nitrogens with zero attached hydrogens (tertiary/aromatic N) is 1. The number of amides is 2. The number of benzene rings is 1. The van der Waals surface area contributed by atoms with Crippen molar-refractivity contribution in [3.63, 3.8) is 0 Å². The molecule has 2 amide bonds. The van der Waals surface area contributed by atoms with Crippen LogP contribution in [0.3, 0.4) is 0 Å². The Morgan fingerprint density at radius 1 is 1.48 bits per heavy atom. The van der Waals surface area contributed by atoms with Gasteiger partial charge in [0.2, 0.25) is 0 Å². The predicted molar refractivity (Wildman–Crippen MR) is 78.5 cm³/mol. The maximum atomic E-state index is 12.3. The number of morpholine rings is 1. The van der Waals surface area contributed by atoms with E-state index in [1.54, 1.807) is 6.07 Å². The Balaban J connectivity index is 2.15. The lowest BCUT2D eigenvalue weighted by Crippen LogP contribution is -2.52. The van der Waals surface area contributed by atoms with E-state index in [1.807, 2.05) is 0 Å². The fourth-order valence-corrected chi connectivity index (χ4v) is 2.36. The zero-order valence-corrected chi connectivity index (χ0v) is 12.7. The van der Waals surface area contributed by atoms with E-state index in [0.29, 0.717) is 23.3 Å². The average Bonchev–Trinajstić information content (AvgIpc) is 2.49. The van der Waals surface area contributed by atoms with Crippen LogP contribution in [0.1, 0.15) is 10.4 Å². The molecule has 1 aromatic rings. The van der Waals surface area contributed by atoms with Crippen molar-refractivity contribution in [3.8, 4) is 0 Å². The summed E-state index contributed by atoms with van der Waals surface area (Å²) in [7, 11) is 0. The third-order valence-electron chi connectivity index (χ3n) is 3.15. The number of aliphatic hydroxyl groups is 1. The number of halogens is 1. The molecule has 0 spiro atoms. The van der Waals surface area contributed by atoms with Gasteiger partial charge in [-0.1, -0.05) is 0 Å². The normalized spacial score (nSPS) is 18.4. The molecule has 1 aliphatic heterocycles. The van der Waals surface area contributed by atoms with Gasteiger partial charge in [0.1, 0.15) is 0 Å². The van der Waals surface area contributed by atoms with Crippen LogP contribution in [0.25, 0.3) is 0 Å². The number of aliphatic hydroxyl groups excluding tert-OH is 1. The van der Waals surface area contributed by atoms with Crippen LogP contribution < -0.4 is 5.32 Å². The van der Waals surface area contributed by atoms with Crippen LogP contribution in [0.4, 0.5) is 10.5 Å². The SMILES string of the molecule is O=C(O)c1ccc(Br)c(NC(=O)N2CCOCC2CO)c1. The van der Waals surface area contributed by atoms with Gasteiger partial charge in [-0.2, -0.15) is 0 Å². The number of carboxylic acids is 1. The number of nitrogens with one attached hydrogen (secondary N) is 1. The molecule has 3 N–H and O–H groups in total. The molecule has 1 atom stereocenters. The first-order chi connectivity index (χ1) is 10.0. The van der Waals surface area contributed by atoms with Crippen molar-refractivity contribution in [3.05, 3.63) is 28.2 Å². The first-order valence-electron chi connectivity index (χ1n) is 6.32. The van der Waals surface area contributed by atoms with E-state index in [4.69, 9.17) is 9.84 Å². The van der Waals surface area contributed by atoms with Crippen LogP contribution in [0.5, 0.6) is 0 Å². The number of anilines is 1. The van der Waals surface area contributed by atoms with Crippen molar-refractivity contribution in [2.24, 2.45) is 0 Å². The Hall–Kier alpha value is -1.64. The first kappa shape index (κ1) is 15.7. The van der Waals surface area contributed by atoms with E-state index < -0.39 is 18.0 Å². The number of aromatic carboxylic acids is 1. The zero-order valence-electron chi connectivity index (χ0n) is 11.1. The highest BCUT2D eigenvalue weighted by atomic mass is 79.9. The van der Waals surface area contributed by atoms with Crippen molar-refractivity contribution < 1.29 is 24.5 Å². The minimum absolute atomic E-state index is 0.0779. The predicted octanol–water partition coefficient (Wildman–Crippen LogP) is 1.37. The van der Waals surface area contributed by atoms with E-state index in [1.165, 1.54) is 17.0 Å². The highest BCUT2D eigenvalue weighted by molar-refractivity contribution is 9.10. The van der Waals surface area contributed by atoms with Gasteiger partial charge in [-0.25, -0.2) is 9.59 Å². The van der Waals surface area contributed by atoms with Gasteiger partial charge < -0.3 is 25.2 Å². The van der Waals surface area contributed by atoms with Crippen LogP contribution in [-0.2, 0) is 4.74 Å². The molecule has 2 rings (SSSR count). The number of carbonyl (C=O) groups is 2. The molecule has 1 saturated heterocycles. The van der Waals surface area contributed by atoms with Crippen LogP contribution >= 0.6 is 15.9 Å². The molecule has 1 unspecified atom stereocenters. The molecule has 0 radical (unpaired) electrons. The zero-order chi connectivity index (χ0) is 15.4. The van der Waals surface area contributed by atoms with Gasteiger partial charge in [-0.15, -0.1) is 0 Å². The summed E-state index contributed by atoms with van der Waals surface area (Å²) in [6, 6.07) is 3.56. The van der Waals surface area contributed by atoms with Crippen LogP contribution in [0.15, 0.2) is 22.7 Å². The Kier molecular flexibility index (Phi) is 5.16. The van der Waals surface area contributed by atoms with Gasteiger partial charge in [0.25, 0.3) is 0 Å². The van der Waals surface area contributed by atoms with Crippen molar-refractivity contribution in [1.82, 2.24) is 4.90 Å². The van der Waals surface area contributed by atoms with Crippen molar-refractivity contribution in [2.75, 3.05) is 31.7 Å². The lowest BCUT2D eigenvalue weighted by molar-refractivity contribution is -0.00485. The van der Waals surface area contributed by atoms with Crippen molar-refractivity contribution in [1.29, 1.82) is 0 Å². The molecule has 1 fully saturated rings. The molecule has 0 aromatic heterocycles. The van der Waals surface area contributed by atoms with Gasteiger partial charge in [0, 0.05) is 11.0 Å². The fraction of sp³-hybridized carbons (Fsp3) is 0.385. The molecule has 21 heavy (non-hydrogen) atoms. The van der Waals surface area contributed by atoms with Crippen LogP contribution in [-0.4, -0.2) is 59.5 Å². The second-order valence-corrected chi connectivity index (χ2v) is 5.39. The van der Waals surface area contributed by atoms with E-state index in [0.717, 1.165) is 0 Å².